The number of carboxylic acids is 1. The molecule has 120 valence electrons. The van der Waals surface area contributed by atoms with Gasteiger partial charge in [0.15, 0.2) is 11.6 Å². The number of phenolic OH excluding ortho intramolecular Hbond substituents is 1. The summed E-state index contributed by atoms with van der Waals surface area (Å²) >= 11 is 0. The number of ether oxygens (including phenoxy) is 1. The monoisotopic (exact) mass is 316 g/mol. The zero-order valence-electron chi connectivity index (χ0n) is 12.8. The number of rotatable bonds is 2. The van der Waals surface area contributed by atoms with Crippen molar-refractivity contribution in [3.8, 4) is 5.75 Å². The molecule has 0 spiro atoms. The average Bonchev–Trinajstić information content (AvgIpc) is 2.46. The van der Waals surface area contributed by atoms with E-state index in [1.54, 1.807) is 19.9 Å². The van der Waals surface area contributed by atoms with Gasteiger partial charge in [-0.1, -0.05) is 6.07 Å². The molecule has 2 N–H and O–H groups in total. The van der Waals surface area contributed by atoms with E-state index in [0.717, 1.165) is 0 Å². The Labute approximate surface area is 132 Å². The smallest absolute Gasteiger partial charge is 0.305 e. The van der Waals surface area contributed by atoms with E-state index in [9.17, 15) is 19.5 Å². The Balaban J connectivity index is 2.10. The first-order valence-electron chi connectivity index (χ1n) is 7.33. The molecule has 2 aliphatic rings. The van der Waals surface area contributed by atoms with Crippen LogP contribution in [0.15, 0.2) is 23.3 Å². The highest BCUT2D eigenvalue weighted by atomic mass is 16.5. The average molecular weight is 316 g/mol. The second-order valence-corrected chi connectivity index (χ2v) is 5.91. The fourth-order valence-corrected chi connectivity index (χ4v) is 3.25. The maximum Gasteiger partial charge on any atom is 0.305 e. The molecule has 2 atom stereocenters. The van der Waals surface area contributed by atoms with Gasteiger partial charge < -0.3 is 14.9 Å². The number of carboxylic acid groups (broad SMARTS) is 1. The predicted octanol–water partition coefficient (Wildman–Crippen LogP) is 2.03. The van der Waals surface area contributed by atoms with Crippen molar-refractivity contribution in [1.82, 2.24) is 0 Å². The van der Waals surface area contributed by atoms with Gasteiger partial charge in [-0.15, -0.1) is 0 Å². The second kappa shape index (κ2) is 5.31. The second-order valence-electron chi connectivity index (χ2n) is 5.91. The molecule has 1 aromatic rings. The van der Waals surface area contributed by atoms with Gasteiger partial charge in [-0.3, -0.25) is 14.4 Å². The highest BCUT2D eigenvalue weighted by molar-refractivity contribution is 6.28. The Morgan fingerprint density at radius 2 is 2.00 bits per heavy atom. The fraction of sp³-hybridized carbons (Fsp3) is 0.353. The maximum absolute atomic E-state index is 12.7. The van der Waals surface area contributed by atoms with Crippen molar-refractivity contribution in [1.29, 1.82) is 0 Å². The molecule has 1 aliphatic carbocycles. The van der Waals surface area contributed by atoms with Crippen LogP contribution in [-0.4, -0.2) is 40.0 Å². The lowest BCUT2D eigenvalue weighted by molar-refractivity contribution is -0.141. The van der Waals surface area contributed by atoms with Crippen LogP contribution >= 0.6 is 0 Å². The molecule has 1 heterocycles. The number of aromatic hydroxyl groups is 1. The van der Waals surface area contributed by atoms with Crippen LogP contribution in [0.2, 0.25) is 0 Å². The Morgan fingerprint density at radius 1 is 1.30 bits per heavy atom. The van der Waals surface area contributed by atoms with E-state index < -0.39 is 24.0 Å². The number of benzene rings is 1. The highest BCUT2D eigenvalue weighted by Gasteiger charge is 2.41. The van der Waals surface area contributed by atoms with Crippen molar-refractivity contribution in [2.24, 2.45) is 0 Å². The molecule has 0 radical (unpaired) electrons. The van der Waals surface area contributed by atoms with Crippen LogP contribution in [0, 0.1) is 6.92 Å². The third-order valence-electron chi connectivity index (χ3n) is 4.33. The zero-order valence-corrected chi connectivity index (χ0v) is 12.8. The number of carbonyl (C=O) groups excluding carboxylic acids is 2. The van der Waals surface area contributed by atoms with E-state index in [1.807, 2.05) is 0 Å². The molecule has 1 aliphatic heterocycles. The number of carbonyl (C=O) groups is 3. The van der Waals surface area contributed by atoms with Crippen LogP contribution in [-0.2, 0) is 9.53 Å². The number of phenols is 1. The largest absolute Gasteiger partial charge is 0.507 e. The summed E-state index contributed by atoms with van der Waals surface area (Å²) < 4.78 is 5.58. The molecular weight excluding hydrogens is 300 g/mol. The Kier molecular flexibility index (Phi) is 3.56. The van der Waals surface area contributed by atoms with Gasteiger partial charge in [0, 0.05) is 23.1 Å². The molecule has 0 aromatic heterocycles. The van der Waals surface area contributed by atoms with Crippen molar-refractivity contribution >= 4 is 17.5 Å². The summed E-state index contributed by atoms with van der Waals surface area (Å²) in [6.45, 7) is 3.27. The first-order valence-corrected chi connectivity index (χ1v) is 7.33. The summed E-state index contributed by atoms with van der Waals surface area (Å²) in [7, 11) is 0. The number of fused-ring (bicyclic) bond motifs is 1. The number of hydrogen-bond acceptors (Lipinski definition) is 5. The molecule has 2 unspecified atom stereocenters. The molecule has 0 fully saturated rings. The summed E-state index contributed by atoms with van der Waals surface area (Å²) in [5.74, 6) is -1.96. The van der Waals surface area contributed by atoms with E-state index in [4.69, 9.17) is 9.84 Å². The SMILES string of the molecule is Cc1ccc2c(c1O)C(=O)C1=C(CC(CC(=O)O)OC1C)C2=O. The van der Waals surface area contributed by atoms with Gasteiger partial charge in [0.1, 0.15) is 5.75 Å². The normalized spacial score (nSPS) is 23.6. The highest BCUT2D eigenvalue weighted by Crippen LogP contribution is 2.40. The fourth-order valence-electron chi connectivity index (χ4n) is 3.25. The quantitative estimate of drug-likeness (QED) is 0.865. The van der Waals surface area contributed by atoms with Crippen LogP contribution in [0.5, 0.6) is 5.75 Å². The molecule has 0 saturated carbocycles. The summed E-state index contributed by atoms with van der Waals surface area (Å²) in [5, 5.41) is 19.1. The summed E-state index contributed by atoms with van der Waals surface area (Å²) in [6, 6.07) is 3.11. The lowest BCUT2D eigenvalue weighted by Crippen LogP contribution is -2.38. The van der Waals surface area contributed by atoms with E-state index in [-0.39, 0.29) is 41.1 Å². The number of hydrogen-bond donors (Lipinski definition) is 2. The minimum atomic E-state index is -1.02. The standard InChI is InChI=1S/C17H16O6/c1-7-3-4-10-14(15(7)20)17(22)13-8(2)23-9(6-12(18)19)5-11(13)16(10)21/h3-4,8-9,20H,5-6H2,1-2H3,(H,18,19). The van der Waals surface area contributed by atoms with Crippen LogP contribution in [0.4, 0.5) is 0 Å². The predicted molar refractivity (Wildman–Crippen MR) is 79.7 cm³/mol. The van der Waals surface area contributed by atoms with Crippen LogP contribution in [0.1, 0.15) is 46.0 Å². The van der Waals surface area contributed by atoms with Crippen molar-refractivity contribution in [2.45, 2.75) is 38.9 Å². The van der Waals surface area contributed by atoms with Crippen LogP contribution in [0.25, 0.3) is 0 Å². The molecule has 6 nitrogen and oxygen atoms in total. The van der Waals surface area contributed by atoms with E-state index >= 15 is 0 Å². The topological polar surface area (TPSA) is 101 Å². The zero-order chi connectivity index (χ0) is 16.9. The molecule has 0 bridgehead atoms. The summed E-state index contributed by atoms with van der Waals surface area (Å²) in [5.41, 5.74) is 1.23. The number of Topliss-reactive ketones (excluding diaryl/α,β-unsaturated/α-hetero) is 2. The summed E-state index contributed by atoms with van der Waals surface area (Å²) in [4.78, 5) is 36.3. The van der Waals surface area contributed by atoms with Gasteiger partial charge in [0.05, 0.1) is 24.2 Å². The molecule has 3 rings (SSSR count). The van der Waals surface area contributed by atoms with Crippen molar-refractivity contribution in [3.63, 3.8) is 0 Å². The van der Waals surface area contributed by atoms with E-state index in [0.29, 0.717) is 11.1 Å². The van der Waals surface area contributed by atoms with E-state index in [1.165, 1.54) is 6.07 Å². The molecule has 1 aromatic carbocycles. The van der Waals surface area contributed by atoms with Gasteiger partial charge in [-0.2, -0.15) is 0 Å². The van der Waals surface area contributed by atoms with E-state index in [2.05, 4.69) is 0 Å². The molecule has 0 saturated heterocycles. The first kappa shape index (κ1) is 15.4. The van der Waals surface area contributed by atoms with Crippen LogP contribution < -0.4 is 0 Å². The van der Waals surface area contributed by atoms with Gasteiger partial charge in [-0.05, 0) is 25.5 Å². The molecule has 0 amide bonds. The lowest BCUT2D eigenvalue weighted by atomic mass is 9.77. The Hall–Kier alpha value is -2.47. The van der Waals surface area contributed by atoms with Crippen LogP contribution in [0.3, 0.4) is 0 Å². The molecule has 6 heteroatoms. The van der Waals surface area contributed by atoms with Crippen molar-refractivity contribution < 1.29 is 29.3 Å². The van der Waals surface area contributed by atoms with Gasteiger partial charge in [0.2, 0.25) is 0 Å². The third-order valence-corrected chi connectivity index (χ3v) is 4.33. The number of aryl methyl sites for hydroxylation is 1. The molecule has 23 heavy (non-hydrogen) atoms. The molecular formula is C17H16O6. The Morgan fingerprint density at radius 3 is 2.65 bits per heavy atom. The van der Waals surface area contributed by atoms with Gasteiger partial charge >= 0.3 is 5.97 Å². The first-order chi connectivity index (χ1) is 10.8. The van der Waals surface area contributed by atoms with Gasteiger partial charge in [0.25, 0.3) is 0 Å². The maximum atomic E-state index is 12.7. The lowest BCUT2D eigenvalue weighted by Gasteiger charge is -2.33. The minimum absolute atomic E-state index is 0.0147. The van der Waals surface area contributed by atoms with Crippen molar-refractivity contribution in [3.05, 3.63) is 40.0 Å². The summed E-state index contributed by atoms with van der Waals surface area (Å²) in [6.07, 6.45) is -1.47. The number of aliphatic carboxylic acids is 1. The van der Waals surface area contributed by atoms with Crippen molar-refractivity contribution in [2.75, 3.05) is 0 Å². The Bertz CT molecular complexity index is 774. The third kappa shape index (κ3) is 2.35. The van der Waals surface area contributed by atoms with Gasteiger partial charge in [-0.25, -0.2) is 0 Å². The minimum Gasteiger partial charge on any atom is -0.507 e. The number of ketones is 2.